The summed E-state index contributed by atoms with van der Waals surface area (Å²) < 4.78 is 0. The summed E-state index contributed by atoms with van der Waals surface area (Å²) in [6.07, 6.45) is 1.57. The summed E-state index contributed by atoms with van der Waals surface area (Å²) in [5, 5.41) is 0. The van der Waals surface area contributed by atoms with Crippen molar-refractivity contribution in [2.45, 2.75) is 0 Å². The fourth-order valence-corrected chi connectivity index (χ4v) is 0.502. The number of rotatable bonds is 1. The number of nitrogens with zero attached hydrogens (tertiary/aromatic N) is 1. The first kappa shape index (κ1) is 5.84. The minimum absolute atomic E-state index is 0.306. The van der Waals surface area contributed by atoms with Gasteiger partial charge in [0.1, 0.15) is 0 Å². The second-order valence-electron chi connectivity index (χ2n) is 1.50. The average Bonchev–Trinajstić information content (AvgIpc) is 1.89. The molecule has 9 heavy (non-hydrogen) atoms. The Kier molecular flexibility index (Phi) is 1.51. The van der Waals surface area contributed by atoms with Gasteiger partial charge in [-0.15, -0.1) is 0 Å². The van der Waals surface area contributed by atoms with Gasteiger partial charge in [0.15, 0.2) is 11.6 Å². The number of hydrogen-bond acceptors (Lipinski definition) is 4. The summed E-state index contributed by atoms with van der Waals surface area (Å²) in [6.45, 7) is 0. The Bertz CT molecular complexity index is 201. The van der Waals surface area contributed by atoms with Crippen molar-refractivity contribution in [2.24, 2.45) is 5.90 Å². The molecule has 0 aliphatic rings. The molecule has 0 fully saturated rings. The van der Waals surface area contributed by atoms with Crippen LogP contribution in [-0.4, -0.2) is 4.98 Å². The number of nitrogens with two attached hydrogens (primary N) is 2. The van der Waals surface area contributed by atoms with E-state index in [1.165, 1.54) is 0 Å². The minimum Gasteiger partial charge on any atom is -0.408 e. The molecule has 4 nitrogen and oxygen atoms in total. The maximum Gasteiger partial charge on any atom is 0.188 e. The normalized spacial score (nSPS) is 9.00. The molecule has 4 heteroatoms. The standard InChI is InChI=1S/C5H7N3O/c6-5-4(9-7)2-1-3-8-5/h1-3H,7H2,(H2,6,8). The van der Waals surface area contributed by atoms with Gasteiger partial charge in [0.05, 0.1) is 0 Å². The van der Waals surface area contributed by atoms with E-state index >= 15 is 0 Å². The molecular formula is C5H7N3O. The number of aromatic nitrogens is 1. The fourth-order valence-electron chi connectivity index (χ4n) is 0.502. The van der Waals surface area contributed by atoms with E-state index in [-0.39, 0.29) is 0 Å². The molecule has 0 radical (unpaired) electrons. The van der Waals surface area contributed by atoms with Crippen LogP contribution in [0.5, 0.6) is 5.75 Å². The van der Waals surface area contributed by atoms with Gasteiger partial charge in [0, 0.05) is 6.20 Å². The molecule has 0 unspecified atom stereocenters. The van der Waals surface area contributed by atoms with E-state index in [1.54, 1.807) is 18.3 Å². The van der Waals surface area contributed by atoms with Crippen molar-refractivity contribution >= 4 is 5.82 Å². The molecule has 4 N–H and O–H groups in total. The molecule has 1 aromatic rings. The predicted octanol–water partition coefficient (Wildman–Crippen LogP) is -0.0837. The maximum atomic E-state index is 5.31. The van der Waals surface area contributed by atoms with Gasteiger partial charge in [-0.3, -0.25) is 0 Å². The van der Waals surface area contributed by atoms with Crippen LogP contribution in [0.3, 0.4) is 0 Å². The van der Waals surface area contributed by atoms with E-state index in [1.807, 2.05) is 0 Å². The second kappa shape index (κ2) is 2.32. The lowest BCUT2D eigenvalue weighted by Crippen LogP contribution is -2.05. The van der Waals surface area contributed by atoms with E-state index < -0.39 is 0 Å². The topological polar surface area (TPSA) is 74.2 Å². The van der Waals surface area contributed by atoms with Gasteiger partial charge in [-0.1, -0.05) is 0 Å². The summed E-state index contributed by atoms with van der Waals surface area (Å²) in [5.41, 5.74) is 5.31. The minimum atomic E-state index is 0.306. The van der Waals surface area contributed by atoms with Crippen LogP contribution in [-0.2, 0) is 0 Å². The summed E-state index contributed by atoms with van der Waals surface area (Å²) >= 11 is 0. The molecule has 1 heterocycles. The summed E-state index contributed by atoms with van der Waals surface area (Å²) in [7, 11) is 0. The summed E-state index contributed by atoms with van der Waals surface area (Å²) in [4.78, 5) is 8.08. The fraction of sp³-hybridized carbons (Fsp3) is 0. The summed E-state index contributed by atoms with van der Waals surface area (Å²) in [5.74, 6) is 5.54. The lowest BCUT2D eigenvalue weighted by molar-refractivity contribution is 0.335. The number of nitrogen functional groups attached to an aromatic ring is 1. The first-order valence-corrected chi connectivity index (χ1v) is 2.42. The Morgan fingerprint density at radius 1 is 1.56 bits per heavy atom. The third-order valence-corrected chi connectivity index (χ3v) is 0.927. The Balaban J connectivity index is 3.01. The zero-order valence-electron chi connectivity index (χ0n) is 4.74. The van der Waals surface area contributed by atoms with Gasteiger partial charge in [0.25, 0.3) is 0 Å². The lowest BCUT2D eigenvalue weighted by atomic mass is 10.4. The lowest BCUT2D eigenvalue weighted by Gasteiger charge is -1.98. The Morgan fingerprint density at radius 3 is 2.78 bits per heavy atom. The van der Waals surface area contributed by atoms with E-state index in [4.69, 9.17) is 11.6 Å². The van der Waals surface area contributed by atoms with E-state index in [0.717, 1.165) is 0 Å². The Morgan fingerprint density at radius 2 is 2.33 bits per heavy atom. The molecule has 0 spiro atoms. The third kappa shape index (κ3) is 1.09. The van der Waals surface area contributed by atoms with Crippen LogP contribution in [0.4, 0.5) is 5.82 Å². The first-order chi connectivity index (χ1) is 4.34. The van der Waals surface area contributed by atoms with Crippen molar-refractivity contribution in [2.75, 3.05) is 5.73 Å². The molecule has 48 valence electrons. The molecule has 0 aromatic carbocycles. The van der Waals surface area contributed by atoms with Gasteiger partial charge >= 0.3 is 0 Å². The molecule has 0 atom stereocenters. The molecule has 0 saturated heterocycles. The van der Waals surface area contributed by atoms with Crippen LogP contribution in [0.25, 0.3) is 0 Å². The Labute approximate surface area is 52.4 Å². The van der Waals surface area contributed by atoms with Gasteiger partial charge in [0.2, 0.25) is 0 Å². The average molecular weight is 125 g/mol. The van der Waals surface area contributed by atoms with Crippen LogP contribution >= 0.6 is 0 Å². The molecule has 0 amide bonds. The van der Waals surface area contributed by atoms with Crippen LogP contribution in [0.15, 0.2) is 18.3 Å². The largest absolute Gasteiger partial charge is 0.408 e. The number of pyridine rings is 1. The molecule has 0 aliphatic heterocycles. The van der Waals surface area contributed by atoms with Crippen molar-refractivity contribution in [3.63, 3.8) is 0 Å². The highest BCUT2D eigenvalue weighted by molar-refractivity contribution is 5.44. The van der Waals surface area contributed by atoms with Crippen LogP contribution < -0.4 is 16.5 Å². The molecular weight excluding hydrogens is 118 g/mol. The molecule has 0 saturated carbocycles. The Hall–Kier alpha value is -1.29. The predicted molar refractivity (Wildman–Crippen MR) is 33.5 cm³/mol. The van der Waals surface area contributed by atoms with Gasteiger partial charge in [-0.25, -0.2) is 4.98 Å². The van der Waals surface area contributed by atoms with Crippen molar-refractivity contribution in [1.29, 1.82) is 0 Å². The first-order valence-electron chi connectivity index (χ1n) is 2.42. The molecule has 1 aromatic heterocycles. The van der Waals surface area contributed by atoms with E-state index in [9.17, 15) is 0 Å². The highest BCUT2D eigenvalue weighted by Gasteiger charge is 1.94. The van der Waals surface area contributed by atoms with Gasteiger partial charge in [-0.2, -0.15) is 5.90 Å². The maximum absolute atomic E-state index is 5.31. The zero-order chi connectivity index (χ0) is 6.69. The van der Waals surface area contributed by atoms with Gasteiger partial charge < -0.3 is 10.6 Å². The van der Waals surface area contributed by atoms with E-state index in [2.05, 4.69) is 9.82 Å². The third-order valence-electron chi connectivity index (χ3n) is 0.927. The van der Waals surface area contributed by atoms with Crippen LogP contribution in [0.1, 0.15) is 0 Å². The molecule has 0 aliphatic carbocycles. The smallest absolute Gasteiger partial charge is 0.188 e. The number of hydrogen-bond donors (Lipinski definition) is 2. The van der Waals surface area contributed by atoms with E-state index in [0.29, 0.717) is 11.6 Å². The highest BCUT2D eigenvalue weighted by atomic mass is 16.6. The highest BCUT2D eigenvalue weighted by Crippen LogP contribution is 2.13. The van der Waals surface area contributed by atoms with Crippen molar-refractivity contribution in [1.82, 2.24) is 4.98 Å². The van der Waals surface area contributed by atoms with Crippen molar-refractivity contribution < 1.29 is 4.84 Å². The van der Waals surface area contributed by atoms with Gasteiger partial charge in [-0.05, 0) is 12.1 Å². The quantitative estimate of drug-likeness (QED) is 0.514. The second-order valence-corrected chi connectivity index (χ2v) is 1.50. The monoisotopic (exact) mass is 125 g/mol. The van der Waals surface area contributed by atoms with Crippen LogP contribution in [0, 0.1) is 0 Å². The van der Waals surface area contributed by atoms with Crippen molar-refractivity contribution in [3.8, 4) is 5.75 Å². The SMILES string of the molecule is NOc1cccnc1N. The molecule has 1 rings (SSSR count). The molecule has 0 bridgehead atoms. The zero-order valence-corrected chi connectivity index (χ0v) is 4.74. The van der Waals surface area contributed by atoms with Crippen molar-refractivity contribution in [3.05, 3.63) is 18.3 Å². The van der Waals surface area contributed by atoms with Crippen LogP contribution in [0.2, 0.25) is 0 Å². The number of anilines is 1. The summed E-state index contributed by atoms with van der Waals surface area (Å²) in [6, 6.07) is 3.33.